The number of amides is 1. The molecule has 0 atom stereocenters. The minimum atomic E-state index is -0.467. The lowest BCUT2D eigenvalue weighted by molar-refractivity contribution is -0.141. The third-order valence-electron chi connectivity index (χ3n) is 4.92. The zero-order chi connectivity index (χ0) is 17.6. The molecule has 7 heteroatoms. The van der Waals surface area contributed by atoms with Crippen molar-refractivity contribution in [2.75, 3.05) is 13.6 Å². The molecule has 5 nitrogen and oxygen atoms in total. The first-order valence-corrected chi connectivity index (χ1v) is 8.56. The average Bonchev–Trinajstić information content (AvgIpc) is 3.04. The molecule has 2 aromatic rings. The van der Waals surface area contributed by atoms with Gasteiger partial charge >= 0.3 is 0 Å². The van der Waals surface area contributed by atoms with Gasteiger partial charge in [0.1, 0.15) is 5.82 Å². The Morgan fingerprint density at radius 3 is 2.35 bits per heavy atom. The van der Waals surface area contributed by atoms with Crippen LogP contribution in [0.1, 0.15) is 38.1 Å². The molecule has 0 unspecified atom stereocenters. The Hall–Kier alpha value is -1.56. The summed E-state index contributed by atoms with van der Waals surface area (Å²) in [5.41, 5.74) is 6.65. The standard InChI is InChI=1S/C19H28N4O.2ClH/c1-4-19(5-2,15-20)18(24)22(3)14-17-21-11-12-23(17)13-16-9-7-6-8-10-16;;/h6-12H,4-5,13-15,20H2,1-3H3;2*1H. The van der Waals surface area contributed by atoms with Crippen molar-refractivity contribution >= 4 is 30.7 Å². The summed E-state index contributed by atoms with van der Waals surface area (Å²) < 4.78 is 2.08. The van der Waals surface area contributed by atoms with Crippen molar-refractivity contribution in [3.8, 4) is 0 Å². The van der Waals surface area contributed by atoms with Crippen LogP contribution in [0.2, 0.25) is 0 Å². The van der Waals surface area contributed by atoms with Gasteiger partial charge in [0.15, 0.2) is 0 Å². The molecule has 0 spiro atoms. The van der Waals surface area contributed by atoms with Gasteiger partial charge in [0, 0.05) is 32.5 Å². The summed E-state index contributed by atoms with van der Waals surface area (Å²) in [7, 11) is 1.83. The highest BCUT2D eigenvalue weighted by Crippen LogP contribution is 2.27. The summed E-state index contributed by atoms with van der Waals surface area (Å²) >= 11 is 0. The largest absolute Gasteiger partial charge is 0.338 e. The summed E-state index contributed by atoms with van der Waals surface area (Å²) in [6, 6.07) is 10.2. The highest BCUT2D eigenvalue weighted by Gasteiger charge is 2.35. The summed E-state index contributed by atoms with van der Waals surface area (Å²) in [5, 5.41) is 0. The molecule has 2 N–H and O–H groups in total. The van der Waals surface area contributed by atoms with Gasteiger partial charge in [0.25, 0.3) is 0 Å². The third-order valence-corrected chi connectivity index (χ3v) is 4.92. The molecule has 146 valence electrons. The zero-order valence-electron chi connectivity index (χ0n) is 15.7. The number of nitrogens with two attached hydrogens (primary N) is 1. The van der Waals surface area contributed by atoms with Gasteiger partial charge in [-0.2, -0.15) is 0 Å². The predicted molar refractivity (Wildman–Crippen MR) is 111 cm³/mol. The topological polar surface area (TPSA) is 64.2 Å². The van der Waals surface area contributed by atoms with Gasteiger partial charge in [0.2, 0.25) is 5.91 Å². The first-order valence-electron chi connectivity index (χ1n) is 8.56. The number of hydrogen-bond acceptors (Lipinski definition) is 3. The second-order valence-electron chi connectivity index (χ2n) is 6.31. The van der Waals surface area contributed by atoms with Crippen molar-refractivity contribution in [2.45, 2.75) is 39.8 Å². The Labute approximate surface area is 168 Å². The monoisotopic (exact) mass is 400 g/mol. The van der Waals surface area contributed by atoms with E-state index in [4.69, 9.17) is 5.73 Å². The van der Waals surface area contributed by atoms with Crippen LogP contribution in [0.5, 0.6) is 0 Å². The van der Waals surface area contributed by atoms with E-state index < -0.39 is 5.41 Å². The smallest absolute Gasteiger partial charge is 0.230 e. The Kier molecular flexibility index (Phi) is 10.5. The molecule has 0 bridgehead atoms. The number of aromatic nitrogens is 2. The highest BCUT2D eigenvalue weighted by molar-refractivity contribution is 5.85. The molecule has 0 fully saturated rings. The van der Waals surface area contributed by atoms with Crippen LogP contribution < -0.4 is 5.73 Å². The fourth-order valence-electron chi connectivity index (χ4n) is 3.03. The van der Waals surface area contributed by atoms with Crippen molar-refractivity contribution in [3.63, 3.8) is 0 Å². The van der Waals surface area contributed by atoms with Crippen molar-refractivity contribution < 1.29 is 4.79 Å². The van der Waals surface area contributed by atoms with Crippen LogP contribution in [0.3, 0.4) is 0 Å². The van der Waals surface area contributed by atoms with Crippen LogP contribution in [-0.2, 0) is 17.9 Å². The lowest BCUT2D eigenvalue weighted by Crippen LogP contribution is -2.46. The molecule has 1 aromatic heterocycles. The van der Waals surface area contributed by atoms with Crippen molar-refractivity contribution in [1.29, 1.82) is 0 Å². The summed E-state index contributed by atoms with van der Waals surface area (Å²) in [6.45, 7) is 5.67. The molecule has 0 saturated heterocycles. The van der Waals surface area contributed by atoms with Crippen LogP contribution >= 0.6 is 24.8 Å². The van der Waals surface area contributed by atoms with Crippen LogP contribution in [-0.4, -0.2) is 34.0 Å². The molecule has 1 amide bonds. The predicted octanol–water partition coefficient (Wildman–Crippen LogP) is 3.50. The normalized spacial score (nSPS) is 10.6. The Balaban J connectivity index is 0.00000312. The van der Waals surface area contributed by atoms with E-state index in [-0.39, 0.29) is 30.7 Å². The maximum absolute atomic E-state index is 12.9. The van der Waals surface area contributed by atoms with E-state index in [1.165, 1.54) is 5.56 Å². The number of imidazole rings is 1. The molecule has 0 aliphatic carbocycles. The number of rotatable bonds is 8. The lowest BCUT2D eigenvalue weighted by Gasteiger charge is -2.33. The van der Waals surface area contributed by atoms with Crippen molar-refractivity contribution in [1.82, 2.24) is 14.5 Å². The molecular formula is C19H30Cl2N4O. The first kappa shape index (κ1) is 24.4. The Morgan fingerprint density at radius 2 is 1.81 bits per heavy atom. The molecular weight excluding hydrogens is 371 g/mol. The van der Waals surface area contributed by atoms with E-state index in [9.17, 15) is 4.79 Å². The molecule has 0 aliphatic rings. The summed E-state index contributed by atoms with van der Waals surface area (Å²) in [4.78, 5) is 19.0. The van der Waals surface area contributed by atoms with Crippen LogP contribution in [0.25, 0.3) is 0 Å². The lowest BCUT2D eigenvalue weighted by atomic mass is 9.81. The molecule has 1 aromatic carbocycles. The quantitative estimate of drug-likeness (QED) is 0.737. The summed E-state index contributed by atoms with van der Waals surface area (Å²) in [5.74, 6) is 0.983. The van der Waals surface area contributed by atoms with E-state index >= 15 is 0 Å². The van der Waals surface area contributed by atoms with Gasteiger partial charge in [-0.3, -0.25) is 4.79 Å². The van der Waals surface area contributed by atoms with E-state index in [0.717, 1.165) is 25.2 Å². The first-order chi connectivity index (χ1) is 11.6. The van der Waals surface area contributed by atoms with Gasteiger partial charge in [-0.15, -0.1) is 24.8 Å². The second kappa shape index (κ2) is 11.2. The minimum Gasteiger partial charge on any atom is -0.338 e. The van der Waals surface area contributed by atoms with Crippen LogP contribution in [0, 0.1) is 5.41 Å². The molecule has 0 aliphatic heterocycles. The maximum atomic E-state index is 12.9. The molecule has 1 heterocycles. The number of nitrogens with zero attached hydrogens (tertiary/aromatic N) is 3. The number of benzene rings is 1. The van der Waals surface area contributed by atoms with Crippen molar-refractivity contribution in [2.24, 2.45) is 11.1 Å². The Morgan fingerprint density at radius 1 is 1.19 bits per heavy atom. The average molecular weight is 401 g/mol. The zero-order valence-corrected chi connectivity index (χ0v) is 17.4. The molecule has 0 saturated carbocycles. The molecule has 26 heavy (non-hydrogen) atoms. The minimum absolute atomic E-state index is 0. The van der Waals surface area contributed by atoms with E-state index in [2.05, 4.69) is 21.7 Å². The van der Waals surface area contributed by atoms with Gasteiger partial charge in [-0.05, 0) is 18.4 Å². The van der Waals surface area contributed by atoms with Crippen molar-refractivity contribution in [3.05, 3.63) is 54.1 Å². The van der Waals surface area contributed by atoms with E-state index in [1.807, 2.05) is 45.3 Å². The van der Waals surface area contributed by atoms with Gasteiger partial charge < -0.3 is 15.2 Å². The molecule has 2 rings (SSSR count). The number of carbonyl (C=O) groups is 1. The highest BCUT2D eigenvalue weighted by atomic mass is 35.5. The van der Waals surface area contributed by atoms with E-state index in [0.29, 0.717) is 13.1 Å². The van der Waals surface area contributed by atoms with Gasteiger partial charge in [-0.25, -0.2) is 4.98 Å². The SMILES string of the molecule is CCC(CC)(CN)C(=O)N(C)Cc1nccn1Cc1ccccc1.Cl.Cl. The number of carbonyl (C=O) groups excluding carboxylic acids is 1. The maximum Gasteiger partial charge on any atom is 0.230 e. The number of halogens is 2. The summed E-state index contributed by atoms with van der Waals surface area (Å²) in [6.07, 6.45) is 5.24. The van der Waals surface area contributed by atoms with Gasteiger partial charge in [-0.1, -0.05) is 44.2 Å². The van der Waals surface area contributed by atoms with Crippen LogP contribution in [0.4, 0.5) is 0 Å². The second-order valence-corrected chi connectivity index (χ2v) is 6.31. The molecule has 0 radical (unpaired) electrons. The number of hydrogen-bond donors (Lipinski definition) is 1. The van der Waals surface area contributed by atoms with Crippen LogP contribution in [0.15, 0.2) is 42.7 Å². The fourth-order valence-corrected chi connectivity index (χ4v) is 3.03. The van der Waals surface area contributed by atoms with Gasteiger partial charge in [0.05, 0.1) is 12.0 Å². The van der Waals surface area contributed by atoms with E-state index in [1.54, 1.807) is 11.1 Å². The fraction of sp³-hybridized carbons (Fsp3) is 0.474. The Bertz CT molecular complexity index is 648. The third kappa shape index (κ3) is 5.47.